The lowest BCUT2D eigenvalue weighted by Gasteiger charge is -2.29. The largest absolute Gasteiger partial charge is 0.491 e. The first-order valence-electron chi connectivity index (χ1n) is 15.5. The number of benzene rings is 4. The zero-order valence-electron chi connectivity index (χ0n) is 25.4. The maximum Gasteiger partial charge on any atom is 0.214 e. The molecule has 0 spiro atoms. The van der Waals surface area contributed by atoms with Crippen molar-refractivity contribution in [3.63, 3.8) is 0 Å². The second-order valence-electron chi connectivity index (χ2n) is 11.8. The summed E-state index contributed by atoms with van der Waals surface area (Å²) in [4.78, 5) is 6.65. The number of fused-ring (bicyclic) bond motifs is 1. The second-order valence-corrected chi connectivity index (χ2v) is 12.7. The lowest BCUT2D eigenvalue weighted by Crippen LogP contribution is -2.34. The number of hydrogen-bond donors (Lipinski definition) is 0. The molecule has 0 bridgehead atoms. The van der Waals surface area contributed by atoms with Gasteiger partial charge in [-0.15, -0.1) is 0 Å². The van der Waals surface area contributed by atoms with Gasteiger partial charge in [0.25, 0.3) is 0 Å². The highest BCUT2D eigenvalue weighted by Gasteiger charge is 2.44. The molecule has 0 N–H and O–H groups in total. The van der Waals surface area contributed by atoms with Crippen LogP contribution in [0.4, 0.5) is 0 Å². The van der Waals surface area contributed by atoms with E-state index in [-0.39, 0.29) is 6.10 Å². The molecule has 0 aliphatic carbocycles. The number of nitrogens with zero attached hydrogens (tertiary/aromatic N) is 3. The molecular formula is C38H35Cl2N3O3. The van der Waals surface area contributed by atoms with Crippen LogP contribution in [0, 0.1) is 0 Å². The van der Waals surface area contributed by atoms with E-state index in [1.54, 1.807) is 18.6 Å². The van der Waals surface area contributed by atoms with Gasteiger partial charge in [0, 0.05) is 47.6 Å². The van der Waals surface area contributed by atoms with Crippen LogP contribution >= 0.6 is 23.2 Å². The summed E-state index contributed by atoms with van der Waals surface area (Å²) in [5.74, 6) is -0.214. The van der Waals surface area contributed by atoms with Gasteiger partial charge in [-0.1, -0.05) is 90.0 Å². The number of ether oxygens (including phenoxy) is 3. The number of aromatic nitrogens is 2. The normalized spacial score (nSPS) is 19.8. The average molecular weight is 653 g/mol. The molecule has 1 aromatic heterocycles. The topological polar surface area (TPSA) is 48.8 Å². The molecule has 0 unspecified atom stereocenters. The van der Waals surface area contributed by atoms with Crippen molar-refractivity contribution in [3.8, 4) is 16.9 Å². The van der Waals surface area contributed by atoms with Gasteiger partial charge in [-0.05, 0) is 70.6 Å². The van der Waals surface area contributed by atoms with Crippen molar-refractivity contribution in [2.45, 2.75) is 31.4 Å². The summed E-state index contributed by atoms with van der Waals surface area (Å²) >= 11 is 12.7. The van der Waals surface area contributed by atoms with Crippen molar-refractivity contribution in [3.05, 3.63) is 148 Å². The Balaban J connectivity index is 0.948. The van der Waals surface area contributed by atoms with Gasteiger partial charge < -0.3 is 18.8 Å². The predicted octanol–water partition coefficient (Wildman–Crippen LogP) is 8.28. The van der Waals surface area contributed by atoms with Crippen molar-refractivity contribution in [1.82, 2.24) is 14.5 Å². The van der Waals surface area contributed by atoms with E-state index in [1.807, 2.05) is 29.0 Å². The fourth-order valence-corrected chi connectivity index (χ4v) is 6.71. The highest BCUT2D eigenvalue weighted by atomic mass is 35.5. The molecule has 1 fully saturated rings. The molecule has 2 aliphatic heterocycles. The lowest BCUT2D eigenvalue weighted by atomic mass is 9.99. The number of rotatable bonds is 10. The Morgan fingerprint density at radius 2 is 1.76 bits per heavy atom. The van der Waals surface area contributed by atoms with Crippen LogP contribution in [0.2, 0.25) is 10.0 Å². The molecule has 0 amide bonds. The highest BCUT2D eigenvalue weighted by molar-refractivity contribution is 6.34. The predicted molar refractivity (Wildman–Crippen MR) is 183 cm³/mol. The first-order valence-corrected chi connectivity index (χ1v) is 16.3. The third kappa shape index (κ3) is 7.22. The molecule has 6 nitrogen and oxygen atoms in total. The van der Waals surface area contributed by atoms with Gasteiger partial charge in [-0.25, -0.2) is 4.98 Å². The minimum atomic E-state index is -1.05. The number of hydrogen-bond acceptors (Lipinski definition) is 5. The van der Waals surface area contributed by atoms with Gasteiger partial charge in [-0.3, -0.25) is 4.90 Å². The van der Waals surface area contributed by atoms with Gasteiger partial charge in [-0.2, -0.15) is 0 Å². The molecule has 234 valence electrons. The van der Waals surface area contributed by atoms with E-state index in [9.17, 15) is 0 Å². The Hall–Kier alpha value is -3.91. The van der Waals surface area contributed by atoms with Crippen LogP contribution in [-0.2, 0) is 34.8 Å². The summed E-state index contributed by atoms with van der Waals surface area (Å²) < 4.78 is 21.0. The van der Waals surface area contributed by atoms with E-state index in [2.05, 4.69) is 88.8 Å². The van der Waals surface area contributed by atoms with Crippen LogP contribution in [0.1, 0.15) is 22.3 Å². The van der Waals surface area contributed by atoms with Crippen molar-refractivity contribution in [2.75, 3.05) is 26.3 Å². The quantitative estimate of drug-likeness (QED) is 0.152. The molecule has 0 saturated carbocycles. The van der Waals surface area contributed by atoms with Gasteiger partial charge >= 0.3 is 0 Å². The molecular weight excluding hydrogens is 617 g/mol. The van der Waals surface area contributed by atoms with Gasteiger partial charge in [0.2, 0.25) is 5.79 Å². The van der Waals surface area contributed by atoms with Gasteiger partial charge in [0.1, 0.15) is 18.5 Å². The van der Waals surface area contributed by atoms with Crippen LogP contribution in [0.3, 0.4) is 0 Å². The maximum absolute atomic E-state index is 6.54. The van der Waals surface area contributed by atoms with E-state index in [1.165, 1.54) is 27.8 Å². The smallest absolute Gasteiger partial charge is 0.214 e. The zero-order valence-corrected chi connectivity index (χ0v) is 26.9. The summed E-state index contributed by atoms with van der Waals surface area (Å²) in [6.07, 6.45) is 10.5. The first-order chi connectivity index (χ1) is 22.5. The van der Waals surface area contributed by atoms with Crippen molar-refractivity contribution in [1.29, 1.82) is 0 Å². The van der Waals surface area contributed by atoms with E-state index in [0.717, 1.165) is 37.4 Å². The SMILES string of the molecule is Clc1cc(Cl)cc([C@@]2(Cn3ccnc3)OC[C@H](COc3ccc4c(c3)CCN(CC=Cc3cccc(-c5ccccc5)c3)C4)O2)c1. The molecule has 7 rings (SSSR count). The first kappa shape index (κ1) is 30.7. The summed E-state index contributed by atoms with van der Waals surface area (Å²) in [5.41, 5.74) is 7.12. The fourth-order valence-electron chi connectivity index (χ4n) is 6.18. The van der Waals surface area contributed by atoms with Crippen LogP contribution < -0.4 is 4.74 Å². The fraction of sp³-hybridized carbons (Fsp3) is 0.237. The summed E-state index contributed by atoms with van der Waals surface area (Å²) in [7, 11) is 0. The molecule has 3 heterocycles. The molecule has 2 atom stereocenters. The average Bonchev–Trinajstić information content (AvgIpc) is 3.75. The van der Waals surface area contributed by atoms with E-state index in [4.69, 9.17) is 37.4 Å². The van der Waals surface area contributed by atoms with Crippen LogP contribution in [0.15, 0.2) is 116 Å². The molecule has 5 aromatic rings. The monoisotopic (exact) mass is 651 g/mol. The lowest BCUT2D eigenvalue weighted by molar-refractivity contribution is -0.189. The van der Waals surface area contributed by atoms with Gasteiger partial charge in [0.05, 0.1) is 19.5 Å². The second kappa shape index (κ2) is 13.8. The Labute approximate surface area is 279 Å². The van der Waals surface area contributed by atoms with Gasteiger partial charge in [0.15, 0.2) is 0 Å². The van der Waals surface area contributed by atoms with Crippen LogP contribution in [0.5, 0.6) is 5.75 Å². The van der Waals surface area contributed by atoms with Crippen molar-refractivity contribution in [2.24, 2.45) is 0 Å². The Morgan fingerprint density at radius 3 is 2.59 bits per heavy atom. The molecule has 2 aliphatic rings. The molecule has 46 heavy (non-hydrogen) atoms. The van der Waals surface area contributed by atoms with E-state index >= 15 is 0 Å². The van der Waals surface area contributed by atoms with Crippen molar-refractivity contribution >= 4 is 29.3 Å². The van der Waals surface area contributed by atoms with E-state index < -0.39 is 5.79 Å². The number of halogens is 2. The summed E-state index contributed by atoms with van der Waals surface area (Å²) in [5, 5.41) is 1.05. The molecule has 8 heteroatoms. The zero-order chi connectivity index (χ0) is 31.3. The summed E-state index contributed by atoms with van der Waals surface area (Å²) in [6, 6.07) is 31.0. The van der Waals surface area contributed by atoms with Crippen LogP contribution in [0.25, 0.3) is 17.2 Å². The minimum absolute atomic E-state index is 0.270. The maximum atomic E-state index is 6.54. The Kier molecular flexibility index (Phi) is 9.24. The Bertz CT molecular complexity index is 1790. The third-order valence-corrected chi connectivity index (χ3v) is 8.92. The highest BCUT2D eigenvalue weighted by Crippen LogP contribution is 2.39. The minimum Gasteiger partial charge on any atom is -0.491 e. The van der Waals surface area contributed by atoms with Crippen LogP contribution in [-0.4, -0.2) is 46.9 Å². The van der Waals surface area contributed by atoms with E-state index in [0.29, 0.717) is 29.8 Å². The summed E-state index contributed by atoms with van der Waals surface area (Å²) in [6.45, 7) is 3.98. The third-order valence-electron chi connectivity index (χ3n) is 8.48. The number of imidazole rings is 1. The molecule has 0 radical (unpaired) electrons. The van der Waals surface area contributed by atoms with Crippen molar-refractivity contribution < 1.29 is 14.2 Å². The molecule has 1 saturated heterocycles. The molecule has 4 aromatic carbocycles. The Morgan fingerprint density at radius 1 is 0.913 bits per heavy atom. The standard InChI is InChI=1S/C38H35Cl2N3O3/c39-34-20-33(21-35(40)22-34)38(26-43-17-14-41-27-43)45-25-37(46-38)24-44-36-12-11-32-23-42(16-13-31(32)19-36)15-5-7-28-6-4-10-30(18-28)29-8-2-1-3-9-29/h1-12,14,17-22,27,37H,13,15-16,23-26H2/t37-,38-/m0/s1.